The molecule has 0 aliphatic heterocycles. The first-order valence-electron chi connectivity index (χ1n) is 11.2. The summed E-state index contributed by atoms with van der Waals surface area (Å²) in [4.78, 5) is 16.2. The van der Waals surface area contributed by atoms with Gasteiger partial charge in [0.15, 0.2) is 0 Å². The number of pyridine rings is 1. The SMILES string of the molecule is CC.CCOC(=O)Cc1ccccc1OCc1cc(-c2ccnc(CN)c2)c2sccc2c1. The monoisotopic (exact) mass is 462 g/mol. The molecule has 2 heterocycles. The van der Waals surface area contributed by atoms with E-state index in [0.717, 1.165) is 27.9 Å². The Morgan fingerprint density at radius 3 is 2.70 bits per heavy atom. The summed E-state index contributed by atoms with van der Waals surface area (Å²) in [5.41, 5.74) is 10.7. The average Bonchev–Trinajstić information content (AvgIpc) is 3.33. The normalized spacial score (nSPS) is 10.4. The number of carbonyl (C=O) groups excluding carboxylic acids is 1. The van der Waals surface area contributed by atoms with Crippen molar-refractivity contribution in [2.75, 3.05) is 6.61 Å². The highest BCUT2D eigenvalue weighted by Crippen LogP contribution is 2.34. The Balaban J connectivity index is 0.00000149. The minimum absolute atomic E-state index is 0.192. The van der Waals surface area contributed by atoms with Crippen LogP contribution in [0, 0.1) is 0 Å². The molecule has 0 amide bonds. The number of hydrogen-bond donors (Lipinski definition) is 1. The van der Waals surface area contributed by atoms with Crippen molar-refractivity contribution in [3.8, 4) is 16.9 Å². The molecule has 33 heavy (non-hydrogen) atoms. The van der Waals surface area contributed by atoms with Crippen LogP contribution in [0.2, 0.25) is 0 Å². The molecule has 0 aliphatic rings. The lowest BCUT2D eigenvalue weighted by molar-refractivity contribution is -0.142. The van der Waals surface area contributed by atoms with Gasteiger partial charge >= 0.3 is 5.97 Å². The van der Waals surface area contributed by atoms with Crippen LogP contribution in [0.1, 0.15) is 37.6 Å². The third kappa shape index (κ3) is 6.18. The summed E-state index contributed by atoms with van der Waals surface area (Å²) in [6.07, 6.45) is 1.99. The van der Waals surface area contributed by atoms with E-state index in [0.29, 0.717) is 25.5 Å². The Labute approximate surface area is 199 Å². The zero-order valence-electron chi connectivity index (χ0n) is 19.3. The molecule has 0 spiro atoms. The zero-order valence-corrected chi connectivity index (χ0v) is 20.2. The minimum Gasteiger partial charge on any atom is -0.489 e. The van der Waals surface area contributed by atoms with E-state index < -0.39 is 0 Å². The van der Waals surface area contributed by atoms with Crippen LogP contribution in [-0.2, 0) is 29.1 Å². The molecule has 5 nitrogen and oxygen atoms in total. The van der Waals surface area contributed by atoms with Crippen LogP contribution in [0.5, 0.6) is 5.75 Å². The lowest BCUT2D eigenvalue weighted by atomic mass is 10.0. The lowest BCUT2D eigenvalue weighted by Gasteiger charge is -2.13. The molecule has 0 bridgehead atoms. The number of carbonyl (C=O) groups is 1. The molecule has 0 fully saturated rings. The molecule has 0 saturated heterocycles. The van der Waals surface area contributed by atoms with E-state index in [2.05, 4.69) is 28.6 Å². The van der Waals surface area contributed by atoms with Crippen molar-refractivity contribution in [3.63, 3.8) is 0 Å². The van der Waals surface area contributed by atoms with Gasteiger partial charge in [-0.1, -0.05) is 32.0 Å². The lowest BCUT2D eigenvalue weighted by Crippen LogP contribution is -2.09. The van der Waals surface area contributed by atoms with Crippen LogP contribution in [0.4, 0.5) is 0 Å². The van der Waals surface area contributed by atoms with Gasteiger partial charge in [-0.2, -0.15) is 0 Å². The molecular weight excluding hydrogens is 432 g/mol. The van der Waals surface area contributed by atoms with Crippen molar-refractivity contribution in [3.05, 3.63) is 83.0 Å². The molecule has 0 saturated carbocycles. The number of nitrogens with zero attached hydrogens (tertiary/aromatic N) is 1. The first-order valence-corrected chi connectivity index (χ1v) is 12.1. The maximum absolute atomic E-state index is 11.9. The fourth-order valence-electron chi connectivity index (χ4n) is 3.52. The van der Waals surface area contributed by atoms with Gasteiger partial charge in [0.25, 0.3) is 0 Å². The second kappa shape index (κ2) is 12.1. The fourth-order valence-corrected chi connectivity index (χ4v) is 4.44. The summed E-state index contributed by atoms with van der Waals surface area (Å²) >= 11 is 1.72. The fraction of sp³-hybridized carbons (Fsp3) is 0.259. The van der Waals surface area contributed by atoms with Gasteiger partial charge in [0.05, 0.1) is 18.7 Å². The van der Waals surface area contributed by atoms with Gasteiger partial charge in [-0.05, 0) is 70.8 Å². The molecule has 6 heteroatoms. The number of para-hydroxylation sites is 1. The highest BCUT2D eigenvalue weighted by atomic mass is 32.1. The number of rotatable bonds is 8. The molecule has 0 unspecified atom stereocenters. The van der Waals surface area contributed by atoms with Crippen molar-refractivity contribution in [2.45, 2.75) is 40.3 Å². The van der Waals surface area contributed by atoms with Gasteiger partial charge in [0.1, 0.15) is 12.4 Å². The van der Waals surface area contributed by atoms with Gasteiger partial charge in [0, 0.05) is 23.0 Å². The van der Waals surface area contributed by atoms with Gasteiger partial charge < -0.3 is 15.2 Å². The summed E-state index contributed by atoms with van der Waals surface area (Å²) < 4.78 is 12.4. The second-order valence-electron chi connectivity index (χ2n) is 7.10. The molecule has 172 valence electrons. The van der Waals surface area contributed by atoms with Gasteiger partial charge in [-0.15, -0.1) is 11.3 Å². The molecule has 4 rings (SSSR count). The summed E-state index contributed by atoms with van der Waals surface area (Å²) in [5, 5.41) is 3.27. The van der Waals surface area contributed by atoms with Crippen molar-refractivity contribution in [1.29, 1.82) is 0 Å². The van der Waals surface area contributed by atoms with E-state index in [4.69, 9.17) is 15.2 Å². The highest BCUT2D eigenvalue weighted by molar-refractivity contribution is 7.17. The van der Waals surface area contributed by atoms with E-state index in [1.807, 2.05) is 50.2 Å². The molecule has 0 aliphatic carbocycles. The van der Waals surface area contributed by atoms with Crippen molar-refractivity contribution in [2.24, 2.45) is 5.73 Å². The number of ether oxygens (including phenoxy) is 2. The number of thiophene rings is 1. The molecule has 2 aromatic heterocycles. The van der Waals surface area contributed by atoms with Crippen LogP contribution in [0.15, 0.2) is 66.2 Å². The van der Waals surface area contributed by atoms with Crippen molar-refractivity contribution >= 4 is 27.4 Å². The van der Waals surface area contributed by atoms with E-state index in [-0.39, 0.29) is 12.4 Å². The minimum atomic E-state index is -0.256. The predicted molar refractivity (Wildman–Crippen MR) is 135 cm³/mol. The zero-order chi connectivity index (χ0) is 23.6. The van der Waals surface area contributed by atoms with E-state index in [1.165, 1.54) is 10.1 Å². The third-order valence-corrected chi connectivity index (χ3v) is 5.92. The number of benzene rings is 2. The predicted octanol–water partition coefficient (Wildman–Crippen LogP) is 6.13. The standard InChI is InChI=1S/C25H24N2O3S.C2H6/c1-2-29-24(28)14-19-5-3-4-6-23(19)30-16-17-11-20-8-10-31-25(20)22(12-17)18-7-9-27-21(13-18)15-26;1-2/h3-13H,2,14-16,26H2,1H3;1-2H3. The van der Waals surface area contributed by atoms with Crippen molar-refractivity contribution in [1.82, 2.24) is 4.98 Å². The molecule has 0 atom stereocenters. The van der Waals surface area contributed by atoms with Gasteiger partial charge in [-0.3, -0.25) is 9.78 Å². The first-order chi connectivity index (χ1) is 16.2. The third-order valence-electron chi connectivity index (χ3n) is 4.95. The molecule has 2 aromatic carbocycles. The molecule has 4 aromatic rings. The molecule has 0 radical (unpaired) electrons. The topological polar surface area (TPSA) is 74.4 Å². The molecular formula is C27H30N2O3S. The van der Waals surface area contributed by atoms with Crippen molar-refractivity contribution < 1.29 is 14.3 Å². The highest BCUT2D eigenvalue weighted by Gasteiger charge is 2.12. The number of aromatic nitrogens is 1. The smallest absolute Gasteiger partial charge is 0.310 e. The van der Waals surface area contributed by atoms with E-state index in [9.17, 15) is 4.79 Å². The summed E-state index contributed by atoms with van der Waals surface area (Å²) in [6, 6.07) is 18.0. The average molecular weight is 463 g/mol. The van der Waals surface area contributed by atoms with E-state index in [1.54, 1.807) is 24.5 Å². The number of fused-ring (bicyclic) bond motifs is 1. The number of esters is 1. The Bertz CT molecular complexity index is 1200. The Morgan fingerprint density at radius 2 is 1.91 bits per heavy atom. The quantitative estimate of drug-likeness (QED) is 0.319. The Morgan fingerprint density at radius 1 is 1.09 bits per heavy atom. The number of nitrogens with two attached hydrogens (primary N) is 1. The van der Waals surface area contributed by atoms with E-state index >= 15 is 0 Å². The number of hydrogen-bond acceptors (Lipinski definition) is 6. The van der Waals surface area contributed by atoms with Crippen LogP contribution < -0.4 is 10.5 Å². The Kier molecular flexibility index (Phi) is 8.98. The summed E-state index contributed by atoms with van der Waals surface area (Å²) in [7, 11) is 0. The van der Waals surface area contributed by atoms with Gasteiger partial charge in [-0.25, -0.2) is 0 Å². The maximum atomic E-state index is 11.9. The Hall–Kier alpha value is -3.22. The van der Waals surface area contributed by atoms with Crippen LogP contribution in [0.3, 0.4) is 0 Å². The van der Waals surface area contributed by atoms with Crippen LogP contribution >= 0.6 is 11.3 Å². The summed E-state index contributed by atoms with van der Waals surface area (Å²) in [5.74, 6) is 0.436. The largest absolute Gasteiger partial charge is 0.489 e. The van der Waals surface area contributed by atoms with Crippen LogP contribution in [0.25, 0.3) is 21.2 Å². The van der Waals surface area contributed by atoms with Gasteiger partial charge in [0.2, 0.25) is 0 Å². The second-order valence-corrected chi connectivity index (χ2v) is 8.02. The summed E-state index contributed by atoms with van der Waals surface area (Å²) in [6.45, 7) is 6.97. The molecule has 2 N–H and O–H groups in total. The van der Waals surface area contributed by atoms with Crippen LogP contribution in [-0.4, -0.2) is 17.6 Å². The maximum Gasteiger partial charge on any atom is 0.310 e. The first kappa shape index (κ1) is 24.4.